The number of benzene rings is 2. The number of allylic oxidation sites excluding steroid dienone is 1. The third kappa shape index (κ3) is 5.75. The van der Waals surface area contributed by atoms with E-state index in [4.69, 9.17) is 9.47 Å². The third-order valence-electron chi connectivity index (χ3n) is 4.53. The minimum Gasteiger partial charge on any atom is -0.496 e. The van der Waals surface area contributed by atoms with E-state index >= 15 is 0 Å². The number of ketones is 1. The molecule has 0 aliphatic rings. The van der Waals surface area contributed by atoms with Gasteiger partial charge in [0, 0.05) is 18.3 Å². The van der Waals surface area contributed by atoms with Crippen LogP contribution in [0.1, 0.15) is 34.0 Å². The first-order valence-electron chi connectivity index (χ1n) is 9.52. The number of aromatic nitrogens is 2. The van der Waals surface area contributed by atoms with Gasteiger partial charge in [0.1, 0.15) is 18.1 Å². The summed E-state index contributed by atoms with van der Waals surface area (Å²) in [5.41, 5.74) is 1.06. The Morgan fingerprint density at radius 1 is 1.19 bits per heavy atom. The van der Waals surface area contributed by atoms with Crippen LogP contribution in [0.5, 0.6) is 11.5 Å². The van der Waals surface area contributed by atoms with E-state index in [-0.39, 0.29) is 18.1 Å². The van der Waals surface area contributed by atoms with E-state index in [0.717, 1.165) is 17.7 Å². The molecule has 2 aromatic carbocycles. The molecule has 0 fully saturated rings. The Hall–Kier alpha value is -3.55. The maximum absolute atomic E-state index is 12.9. The second kappa shape index (κ2) is 9.51. The van der Waals surface area contributed by atoms with Gasteiger partial charge < -0.3 is 9.47 Å². The van der Waals surface area contributed by atoms with E-state index in [9.17, 15) is 18.0 Å². The normalized spacial score (nSPS) is 11.6. The summed E-state index contributed by atoms with van der Waals surface area (Å²) in [6.07, 6.45) is 1.84. The lowest BCUT2D eigenvalue weighted by atomic mass is 10.1. The van der Waals surface area contributed by atoms with Crippen molar-refractivity contribution < 1.29 is 27.4 Å². The topological polar surface area (TPSA) is 53.4 Å². The van der Waals surface area contributed by atoms with Crippen molar-refractivity contribution in [3.63, 3.8) is 0 Å². The number of rotatable bonds is 8. The molecule has 8 heteroatoms. The predicted molar refractivity (Wildman–Crippen MR) is 110 cm³/mol. The van der Waals surface area contributed by atoms with E-state index in [1.54, 1.807) is 35.2 Å². The summed E-state index contributed by atoms with van der Waals surface area (Å²) >= 11 is 0. The van der Waals surface area contributed by atoms with Crippen molar-refractivity contribution in [2.45, 2.75) is 26.3 Å². The Labute approximate surface area is 177 Å². The number of ether oxygens (including phenoxy) is 2. The summed E-state index contributed by atoms with van der Waals surface area (Å²) in [7, 11) is 1.49. The van der Waals surface area contributed by atoms with Crippen LogP contribution in [0, 0.1) is 0 Å². The zero-order valence-electron chi connectivity index (χ0n) is 17.0. The summed E-state index contributed by atoms with van der Waals surface area (Å²) in [6.45, 7) is 2.60. The SMILES string of the molecule is CCn1cc(C(=O)/C=C/c2ccc(OC)c(COc3cccc(C(F)(F)F)c3)c2)cn1. The zero-order chi connectivity index (χ0) is 22.4. The van der Waals surface area contributed by atoms with Gasteiger partial charge in [-0.25, -0.2) is 0 Å². The summed E-state index contributed by atoms with van der Waals surface area (Å²) < 4.78 is 51.2. The first kappa shape index (κ1) is 22.1. The minimum absolute atomic E-state index is 0.00335. The van der Waals surface area contributed by atoms with Crippen molar-refractivity contribution in [2.75, 3.05) is 7.11 Å². The lowest BCUT2D eigenvalue weighted by molar-refractivity contribution is -0.137. The number of carbonyl (C=O) groups excluding carboxylic acids is 1. The molecule has 1 heterocycles. The Morgan fingerprint density at radius 3 is 2.68 bits per heavy atom. The fraction of sp³-hybridized carbons (Fsp3) is 0.217. The molecule has 0 bridgehead atoms. The van der Waals surface area contributed by atoms with Crippen molar-refractivity contribution in [3.8, 4) is 11.5 Å². The Morgan fingerprint density at radius 2 is 2.00 bits per heavy atom. The first-order chi connectivity index (χ1) is 14.8. The summed E-state index contributed by atoms with van der Waals surface area (Å²) in [5.74, 6) is 0.442. The quantitative estimate of drug-likeness (QED) is 0.354. The van der Waals surface area contributed by atoms with Gasteiger partial charge in [-0.3, -0.25) is 9.48 Å². The van der Waals surface area contributed by atoms with Crippen molar-refractivity contribution in [2.24, 2.45) is 0 Å². The summed E-state index contributed by atoms with van der Waals surface area (Å²) in [5, 5.41) is 4.08. The molecule has 0 saturated heterocycles. The number of hydrogen-bond donors (Lipinski definition) is 0. The lowest BCUT2D eigenvalue weighted by Gasteiger charge is -2.13. The predicted octanol–water partition coefficient (Wildman–Crippen LogP) is 5.41. The average Bonchev–Trinajstić information content (AvgIpc) is 3.25. The maximum atomic E-state index is 12.9. The monoisotopic (exact) mass is 430 g/mol. The van der Waals surface area contributed by atoms with Gasteiger partial charge in [-0.15, -0.1) is 0 Å². The second-order valence-electron chi connectivity index (χ2n) is 6.67. The molecular formula is C23H21F3N2O3. The maximum Gasteiger partial charge on any atom is 0.416 e. The van der Waals surface area contributed by atoms with Gasteiger partial charge in [-0.1, -0.05) is 18.2 Å². The van der Waals surface area contributed by atoms with Gasteiger partial charge in [-0.2, -0.15) is 18.3 Å². The van der Waals surface area contributed by atoms with E-state index in [2.05, 4.69) is 5.10 Å². The van der Waals surface area contributed by atoms with Gasteiger partial charge in [0.25, 0.3) is 0 Å². The van der Waals surface area contributed by atoms with Crippen LogP contribution in [-0.2, 0) is 19.3 Å². The van der Waals surface area contributed by atoms with E-state index in [0.29, 0.717) is 23.4 Å². The molecule has 0 saturated carbocycles. The Kier molecular flexibility index (Phi) is 6.79. The smallest absolute Gasteiger partial charge is 0.416 e. The number of alkyl halides is 3. The molecule has 0 aliphatic heterocycles. The fourth-order valence-corrected chi connectivity index (χ4v) is 2.87. The first-order valence-corrected chi connectivity index (χ1v) is 9.52. The molecular weight excluding hydrogens is 409 g/mol. The van der Waals surface area contributed by atoms with Crippen LogP contribution in [0.4, 0.5) is 13.2 Å². The Bertz CT molecular complexity index is 1090. The highest BCUT2D eigenvalue weighted by molar-refractivity contribution is 6.06. The molecule has 0 unspecified atom stereocenters. The molecule has 0 radical (unpaired) electrons. The molecule has 162 valence electrons. The highest BCUT2D eigenvalue weighted by Crippen LogP contribution is 2.32. The fourth-order valence-electron chi connectivity index (χ4n) is 2.87. The van der Waals surface area contributed by atoms with Crippen molar-refractivity contribution in [3.05, 3.63) is 83.2 Å². The molecule has 1 aromatic heterocycles. The van der Waals surface area contributed by atoms with Crippen LogP contribution < -0.4 is 9.47 Å². The average molecular weight is 430 g/mol. The van der Waals surface area contributed by atoms with Gasteiger partial charge in [0.2, 0.25) is 0 Å². The van der Waals surface area contributed by atoms with E-state index in [1.165, 1.54) is 31.5 Å². The van der Waals surface area contributed by atoms with Crippen LogP contribution in [0.15, 0.2) is 60.9 Å². The van der Waals surface area contributed by atoms with Gasteiger partial charge in [-0.05, 0) is 48.9 Å². The van der Waals surface area contributed by atoms with Gasteiger partial charge >= 0.3 is 6.18 Å². The van der Waals surface area contributed by atoms with Crippen molar-refractivity contribution in [1.82, 2.24) is 9.78 Å². The summed E-state index contributed by atoms with van der Waals surface area (Å²) in [4.78, 5) is 12.3. The third-order valence-corrected chi connectivity index (χ3v) is 4.53. The lowest BCUT2D eigenvalue weighted by Crippen LogP contribution is -2.05. The van der Waals surface area contributed by atoms with Gasteiger partial charge in [0.05, 0.1) is 24.4 Å². The number of nitrogens with zero attached hydrogens (tertiary/aromatic N) is 2. The van der Waals surface area contributed by atoms with Crippen molar-refractivity contribution in [1.29, 1.82) is 0 Å². The Balaban J connectivity index is 1.74. The molecule has 3 rings (SSSR count). The molecule has 0 atom stereocenters. The standard InChI is InChI=1S/C23H21F3N2O3/c1-3-28-14-18(13-27-28)21(29)9-7-16-8-10-22(30-2)17(11-16)15-31-20-6-4-5-19(12-20)23(24,25)26/h4-14H,3,15H2,1-2H3/b9-7+. The molecule has 0 amide bonds. The van der Waals surface area contributed by atoms with E-state index < -0.39 is 11.7 Å². The highest BCUT2D eigenvalue weighted by Gasteiger charge is 2.30. The number of aryl methyl sites for hydroxylation is 1. The molecule has 31 heavy (non-hydrogen) atoms. The second-order valence-corrected chi connectivity index (χ2v) is 6.67. The summed E-state index contributed by atoms with van der Waals surface area (Å²) in [6, 6.07) is 9.93. The number of hydrogen-bond acceptors (Lipinski definition) is 4. The van der Waals surface area contributed by atoms with Gasteiger partial charge in [0.15, 0.2) is 5.78 Å². The molecule has 0 spiro atoms. The molecule has 3 aromatic rings. The molecule has 5 nitrogen and oxygen atoms in total. The van der Waals surface area contributed by atoms with Crippen LogP contribution in [0.2, 0.25) is 0 Å². The van der Waals surface area contributed by atoms with Crippen LogP contribution >= 0.6 is 0 Å². The largest absolute Gasteiger partial charge is 0.496 e. The van der Waals surface area contributed by atoms with Crippen LogP contribution in [0.25, 0.3) is 6.08 Å². The van der Waals surface area contributed by atoms with Crippen LogP contribution in [0.3, 0.4) is 0 Å². The number of halogens is 3. The van der Waals surface area contributed by atoms with Crippen LogP contribution in [-0.4, -0.2) is 22.7 Å². The van der Waals surface area contributed by atoms with Crippen molar-refractivity contribution >= 4 is 11.9 Å². The van der Waals surface area contributed by atoms with E-state index in [1.807, 2.05) is 6.92 Å². The highest BCUT2D eigenvalue weighted by atomic mass is 19.4. The zero-order valence-corrected chi connectivity index (χ0v) is 17.0. The number of methoxy groups -OCH3 is 1. The number of carbonyl (C=O) groups is 1. The molecule has 0 aliphatic carbocycles. The minimum atomic E-state index is -4.44. The molecule has 0 N–H and O–H groups in total.